The van der Waals surface area contributed by atoms with Crippen molar-refractivity contribution in [2.75, 3.05) is 20.0 Å². The molecule has 0 radical (unpaired) electrons. The van der Waals surface area contributed by atoms with E-state index in [0.29, 0.717) is 22.3 Å². The molecule has 24 heavy (non-hydrogen) atoms. The Labute approximate surface area is 147 Å². The van der Waals surface area contributed by atoms with Crippen molar-refractivity contribution in [2.24, 2.45) is 0 Å². The van der Waals surface area contributed by atoms with Gasteiger partial charge in [0.25, 0.3) is 0 Å². The number of nitrogens with two attached hydrogens (primary N) is 1. The Kier molecular flexibility index (Phi) is 5.68. The molecule has 0 aromatic carbocycles. The molecule has 0 atom stereocenters. The molecule has 3 rings (SSSR count). The third-order valence-corrected chi connectivity index (χ3v) is 4.10. The molecule has 8 nitrogen and oxygen atoms in total. The number of aliphatic hydroxyl groups is 1. The summed E-state index contributed by atoms with van der Waals surface area (Å²) in [5.41, 5.74) is 10.0. The topological polar surface area (TPSA) is 112 Å². The summed E-state index contributed by atoms with van der Waals surface area (Å²) in [4.78, 5) is 17.0. The maximum absolute atomic E-state index is 7.00. The number of aryl methyl sites for hydroxylation is 1. The highest BCUT2D eigenvalue weighted by Gasteiger charge is 2.14. The van der Waals surface area contributed by atoms with Crippen LogP contribution in [-0.4, -0.2) is 43.8 Å². The van der Waals surface area contributed by atoms with E-state index in [2.05, 4.69) is 35.9 Å². The lowest BCUT2D eigenvalue weighted by Crippen LogP contribution is -2.06. The van der Waals surface area contributed by atoms with Crippen molar-refractivity contribution in [1.82, 2.24) is 24.5 Å². The second kappa shape index (κ2) is 7.54. The van der Waals surface area contributed by atoms with Gasteiger partial charge in [-0.05, 0) is 40.9 Å². The first kappa shape index (κ1) is 18.1. The number of ether oxygens (including phenoxy) is 1. The zero-order valence-electron chi connectivity index (χ0n) is 13.9. The molecule has 0 aliphatic rings. The zero-order chi connectivity index (χ0) is 17.9. The van der Waals surface area contributed by atoms with E-state index in [9.17, 15) is 0 Å². The van der Waals surface area contributed by atoms with Crippen LogP contribution in [0, 0.1) is 13.8 Å². The Bertz CT molecular complexity index is 865. The molecule has 3 heterocycles. The average molecular weight is 395 g/mol. The van der Waals surface area contributed by atoms with Crippen LogP contribution in [0.15, 0.2) is 17.1 Å². The Morgan fingerprint density at radius 2 is 1.96 bits per heavy atom. The summed E-state index contributed by atoms with van der Waals surface area (Å²) < 4.78 is 7.92. The molecule has 0 saturated carbocycles. The fourth-order valence-electron chi connectivity index (χ4n) is 2.43. The summed E-state index contributed by atoms with van der Waals surface area (Å²) >= 11 is 3.35. The van der Waals surface area contributed by atoms with Gasteiger partial charge >= 0.3 is 0 Å². The highest BCUT2D eigenvalue weighted by atomic mass is 79.9. The molecule has 0 aliphatic heterocycles. The van der Waals surface area contributed by atoms with Crippen LogP contribution in [0.25, 0.3) is 11.2 Å². The number of pyridine rings is 1. The number of hydrogen-bond acceptors (Lipinski definition) is 7. The lowest BCUT2D eigenvalue weighted by Gasteiger charge is -2.13. The second-order valence-corrected chi connectivity index (χ2v) is 5.70. The first-order chi connectivity index (χ1) is 11.5. The maximum Gasteiger partial charge on any atom is 0.223 e. The van der Waals surface area contributed by atoms with E-state index < -0.39 is 0 Å². The van der Waals surface area contributed by atoms with Crippen LogP contribution in [0.3, 0.4) is 0 Å². The van der Waals surface area contributed by atoms with Gasteiger partial charge in [0.2, 0.25) is 5.95 Å². The Morgan fingerprint density at radius 1 is 1.25 bits per heavy atom. The zero-order valence-corrected chi connectivity index (χ0v) is 15.5. The molecule has 0 saturated heterocycles. The van der Waals surface area contributed by atoms with Gasteiger partial charge in [-0.3, -0.25) is 4.98 Å². The number of methoxy groups -OCH3 is 1. The number of imidazole rings is 1. The average Bonchev–Trinajstić information content (AvgIpc) is 2.96. The number of aliphatic hydroxyl groups excluding tert-OH is 1. The standard InChI is InChI=1S/C14H15BrN6O.CH4O/c1-7-9(4-17-8(2)11(7)22-3)5-21-6-18-10-12(15)19-14(16)20-13(10)21;1-2/h4,6H,5H2,1-3H3,(H2,16,19,20);2H,1H3. The number of halogens is 1. The van der Waals surface area contributed by atoms with Gasteiger partial charge in [-0.25, -0.2) is 9.97 Å². The molecular weight excluding hydrogens is 376 g/mol. The molecule has 3 aromatic rings. The molecule has 3 N–H and O–H groups in total. The molecule has 0 spiro atoms. The Hall–Kier alpha value is -2.26. The van der Waals surface area contributed by atoms with Crippen molar-refractivity contribution in [1.29, 1.82) is 0 Å². The van der Waals surface area contributed by atoms with Crippen LogP contribution in [0.4, 0.5) is 5.95 Å². The van der Waals surface area contributed by atoms with Crippen molar-refractivity contribution < 1.29 is 9.84 Å². The largest absolute Gasteiger partial charge is 0.495 e. The van der Waals surface area contributed by atoms with Crippen molar-refractivity contribution in [3.05, 3.63) is 33.9 Å². The van der Waals surface area contributed by atoms with Gasteiger partial charge < -0.3 is 20.1 Å². The summed E-state index contributed by atoms with van der Waals surface area (Å²) in [6, 6.07) is 0. The van der Waals surface area contributed by atoms with E-state index in [1.807, 2.05) is 24.6 Å². The number of nitrogens with zero attached hydrogens (tertiary/aromatic N) is 5. The first-order valence-electron chi connectivity index (χ1n) is 7.09. The van der Waals surface area contributed by atoms with Gasteiger partial charge in [-0.2, -0.15) is 4.98 Å². The minimum Gasteiger partial charge on any atom is -0.495 e. The quantitative estimate of drug-likeness (QED) is 0.651. The van der Waals surface area contributed by atoms with Crippen LogP contribution in [0.2, 0.25) is 0 Å². The first-order valence-corrected chi connectivity index (χ1v) is 7.88. The smallest absolute Gasteiger partial charge is 0.223 e. The third kappa shape index (κ3) is 3.31. The maximum atomic E-state index is 7.00. The minimum atomic E-state index is 0.206. The Morgan fingerprint density at radius 3 is 2.62 bits per heavy atom. The van der Waals surface area contributed by atoms with E-state index >= 15 is 0 Å². The SMILES string of the molecule is CO.COc1c(C)ncc(Cn2cnc3c(Br)nc(N)nc32)c1C. The highest BCUT2D eigenvalue weighted by Crippen LogP contribution is 2.26. The van der Waals surface area contributed by atoms with Crippen LogP contribution in [-0.2, 0) is 6.54 Å². The predicted molar refractivity (Wildman–Crippen MR) is 94.9 cm³/mol. The number of rotatable bonds is 3. The molecule has 9 heteroatoms. The van der Waals surface area contributed by atoms with Crippen LogP contribution >= 0.6 is 15.9 Å². The number of aromatic nitrogens is 5. The molecule has 128 valence electrons. The molecule has 0 unspecified atom stereocenters. The predicted octanol–water partition coefficient (Wildman–Crippen LogP) is 1.85. The summed E-state index contributed by atoms with van der Waals surface area (Å²) in [7, 11) is 2.65. The van der Waals surface area contributed by atoms with Gasteiger partial charge in [0.1, 0.15) is 15.9 Å². The van der Waals surface area contributed by atoms with Crippen molar-refractivity contribution in [3.8, 4) is 5.75 Å². The van der Waals surface area contributed by atoms with Crippen molar-refractivity contribution in [2.45, 2.75) is 20.4 Å². The van der Waals surface area contributed by atoms with Crippen LogP contribution in [0.1, 0.15) is 16.8 Å². The minimum absolute atomic E-state index is 0.206. The summed E-state index contributed by atoms with van der Waals surface area (Å²) in [5.74, 6) is 1.01. The fourth-order valence-corrected chi connectivity index (χ4v) is 2.89. The Balaban J connectivity index is 0.00000100. The van der Waals surface area contributed by atoms with E-state index in [-0.39, 0.29) is 5.95 Å². The van der Waals surface area contributed by atoms with Gasteiger partial charge in [0, 0.05) is 13.3 Å². The fraction of sp³-hybridized carbons (Fsp3) is 0.333. The van der Waals surface area contributed by atoms with Crippen LogP contribution < -0.4 is 10.5 Å². The number of nitrogen functional groups attached to an aromatic ring is 1. The number of anilines is 1. The number of fused-ring (bicyclic) bond motifs is 1. The molecule has 0 fully saturated rings. The number of hydrogen-bond donors (Lipinski definition) is 2. The molecule has 0 bridgehead atoms. The van der Waals surface area contributed by atoms with E-state index in [1.54, 1.807) is 13.4 Å². The normalized spacial score (nSPS) is 10.4. The summed E-state index contributed by atoms with van der Waals surface area (Å²) in [5, 5.41) is 7.00. The monoisotopic (exact) mass is 394 g/mol. The van der Waals surface area contributed by atoms with E-state index in [0.717, 1.165) is 29.7 Å². The third-order valence-electron chi connectivity index (χ3n) is 3.55. The van der Waals surface area contributed by atoms with Gasteiger partial charge in [0.05, 0.1) is 25.7 Å². The molecular formula is C15H19BrN6O2. The van der Waals surface area contributed by atoms with Crippen LogP contribution in [0.5, 0.6) is 5.75 Å². The van der Waals surface area contributed by atoms with Gasteiger partial charge in [0.15, 0.2) is 5.65 Å². The van der Waals surface area contributed by atoms with Crippen molar-refractivity contribution >= 4 is 33.0 Å². The van der Waals surface area contributed by atoms with E-state index in [4.69, 9.17) is 15.6 Å². The molecule has 0 aliphatic carbocycles. The lowest BCUT2D eigenvalue weighted by atomic mass is 10.1. The van der Waals surface area contributed by atoms with E-state index in [1.165, 1.54) is 0 Å². The lowest BCUT2D eigenvalue weighted by molar-refractivity contribution is 0.399. The summed E-state index contributed by atoms with van der Waals surface area (Å²) in [6.45, 7) is 4.52. The molecule has 3 aromatic heterocycles. The second-order valence-electron chi connectivity index (χ2n) is 4.94. The van der Waals surface area contributed by atoms with Gasteiger partial charge in [-0.15, -0.1) is 0 Å². The van der Waals surface area contributed by atoms with Crippen molar-refractivity contribution in [3.63, 3.8) is 0 Å². The molecule has 0 amide bonds. The summed E-state index contributed by atoms with van der Waals surface area (Å²) in [6.07, 6.45) is 3.56. The van der Waals surface area contributed by atoms with Gasteiger partial charge in [-0.1, -0.05) is 0 Å². The highest BCUT2D eigenvalue weighted by molar-refractivity contribution is 9.10.